The van der Waals surface area contributed by atoms with Crippen LogP contribution in [0.2, 0.25) is 0 Å². The molecule has 0 saturated carbocycles. The molecule has 0 aliphatic carbocycles. The van der Waals surface area contributed by atoms with E-state index in [1.165, 1.54) is 12.1 Å². The van der Waals surface area contributed by atoms with Crippen LogP contribution in [0.1, 0.15) is 50.3 Å². The summed E-state index contributed by atoms with van der Waals surface area (Å²) in [4.78, 5) is 24.9. The van der Waals surface area contributed by atoms with Gasteiger partial charge in [0.25, 0.3) is 0 Å². The molecule has 168 valence electrons. The van der Waals surface area contributed by atoms with Gasteiger partial charge in [-0.1, -0.05) is 49.7 Å². The summed E-state index contributed by atoms with van der Waals surface area (Å²) in [6, 6.07) is 12.7. The molecule has 2 rings (SSSR count). The van der Waals surface area contributed by atoms with Crippen molar-refractivity contribution in [1.82, 2.24) is 16.0 Å². The van der Waals surface area contributed by atoms with E-state index < -0.39 is 12.1 Å². The van der Waals surface area contributed by atoms with Gasteiger partial charge in [0.1, 0.15) is 11.9 Å². The minimum atomic E-state index is -0.634. The molecule has 3 amide bonds. The Bertz CT molecular complexity index is 840. The van der Waals surface area contributed by atoms with E-state index in [1.807, 2.05) is 45.0 Å². The molecule has 31 heavy (non-hydrogen) atoms. The second-order valence-electron chi connectivity index (χ2n) is 7.69. The monoisotopic (exact) mass is 429 g/mol. The summed E-state index contributed by atoms with van der Waals surface area (Å²) in [5.41, 5.74) is 2.78. The molecule has 0 aliphatic heterocycles. The van der Waals surface area contributed by atoms with Gasteiger partial charge in [0.2, 0.25) is 5.91 Å². The minimum absolute atomic E-state index is 0.151. The lowest BCUT2D eigenvalue weighted by Crippen LogP contribution is -2.49. The molecule has 0 fully saturated rings. The number of carbonyl (C=O) groups excluding carboxylic acids is 2. The van der Waals surface area contributed by atoms with Crippen LogP contribution in [0.3, 0.4) is 0 Å². The highest BCUT2D eigenvalue weighted by molar-refractivity contribution is 5.86. The Hall–Kier alpha value is -2.93. The van der Waals surface area contributed by atoms with Crippen molar-refractivity contribution in [3.05, 3.63) is 71.0 Å². The summed E-state index contributed by atoms with van der Waals surface area (Å²) in [5, 5.41) is 8.32. The zero-order valence-electron chi connectivity index (χ0n) is 18.4. The maximum atomic E-state index is 13.0. The Morgan fingerprint density at radius 1 is 0.968 bits per heavy atom. The van der Waals surface area contributed by atoms with Crippen molar-refractivity contribution in [1.29, 1.82) is 0 Å². The van der Waals surface area contributed by atoms with Crippen LogP contribution in [0.25, 0.3) is 0 Å². The van der Waals surface area contributed by atoms with Gasteiger partial charge in [-0.25, -0.2) is 9.18 Å². The lowest BCUT2D eigenvalue weighted by molar-refractivity contribution is -0.123. The van der Waals surface area contributed by atoms with Crippen LogP contribution in [0.5, 0.6) is 0 Å². The molecule has 0 heterocycles. The van der Waals surface area contributed by atoms with Gasteiger partial charge < -0.3 is 20.7 Å². The fraction of sp³-hybridized carbons (Fsp3) is 0.417. The van der Waals surface area contributed by atoms with Gasteiger partial charge in [0.15, 0.2) is 0 Å². The summed E-state index contributed by atoms with van der Waals surface area (Å²) < 4.78 is 18.6. The lowest BCUT2D eigenvalue weighted by Gasteiger charge is -2.18. The summed E-state index contributed by atoms with van der Waals surface area (Å²) >= 11 is 0. The number of hydrogen-bond donors (Lipinski definition) is 3. The summed E-state index contributed by atoms with van der Waals surface area (Å²) in [5.74, 6) is -0.562. The minimum Gasteiger partial charge on any atom is -0.374 e. The summed E-state index contributed by atoms with van der Waals surface area (Å²) in [6.45, 7) is 7.07. The van der Waals surface area contributed by atoms with Crippen molar-refractivity contribution in [3.63, 3.8) is 0 Å². The standard InChI is InChI=1S/C24H32FN3O3/c1-4-6-22(28-24(30)27-14-18-9-11-21(25)12-10-18)23(29)26-15-19-7-5-8-20(13-19)16-31-17(2)3/h5,7-13,17,22H,4,6,14-16H2,1-3H3,(H,26,29)(H2,27,28,30). The highest BCUT2D eigenvalue weighted by Gasteiger charge is 2.19. The van der Waals surface area contributed by atoms with E-state index in [0.717, 1.165) is 23.1 Å². The zero-order valence-corrected chi connectivity index (χ0v) is 18.4. The largest absolute Gasteiger partial charge is 0.374 e. The SMILES string of the molecule is CCCC(NC(=O)NCc1ccc(F)cc1)C(=O)NCc1cccc(COC(C)C)c1. The molecule has 0 aromatic heterocycles. The van der Waals surface area contributed by atoms with Crippen molar-refractivity contribution >= 4 is 11.9 Å². The van der Waals surface area contributed by atoms with E-state index in [1.54, 1.807) is 12.1 Å². The van der Waals surface area contributed by atoms with Crippen molar-refractivity contribution in [2.45, 2.75) is 65.5 Å². The van der Waals surface area contributed by atoms with Gasteiger partial charge in [-0.15, -0.1) is 0 Å². The first-order chi connectivity index (χ1) is 14.9. The maximum absolute atomic E-state index is 13.0. The zero-order chi connectivity index (χ0) is 22.6. The molecule has 7 heteroatoms. The fourth-order valence-corrected chi connectivity index (χ4v) is 2.96. The number of nitrogens with one attached hydrogen (secondary N) is 3. The predicted molar refractivity (Wildman–Crippen MR) is 119 cm³/mol. The Morgan fingerprint density at radius 3 is 2.32 bits per heavy atom. The average Bonchev–Trinajstić information content (AvgIpc) is 2.75. The van der Waals surface area contributed by atoms with Crippen LogP contribution in [0, 0.1) is 5.82 Å². The molecule has 0 spiro atoms. The van der Waals surface area contributed by atoms with Gasteiger partial charge in [0.05, 0.1) is 12.7 Å². The Morgan fingerprint density at radius 2 is 1.65 bits per heavy atom. The van der Waals surface area contributed by atoms with Gasteiger partial charge in [0, 0.05) is 13.1 Å². The van der Waals surface area contributed by atoms with Crippen molar-refractivity contribution in [3.8, 4) is 0 Å². The van der Waals surface area contributed by atoms with E-state index in [4.69, 9.17) is 4.74 Å². The summed E-state index contributed by atoms with van der Waals surface area (Å²) in [6.07, 6.45) is 1.43. The first-order valence-electron chi connectivity index (χ1n) is 10.6. The molecule has 1 atom stereocenters. The number of benzene rings is 2. The Kier molecular flexibility index (Phi) is 9.97. The van der Waals surface area contributed by atoms with Crippen LogP contribution in [0.4, 0.5) is 9.18 Å². The molecular formula is C24H32FN3O3. The van der Waals surface area contributed by atoms with Crippen LogP contribution in [-0.4, -0.2) is 24.1 Å². The second kappa shape index (κ2) is 12.7. The molecule has 1 unspecified atom stereocenters. The molecule has 0 aliphatic rings. The van der Waals surface area contributed by atoms with Gasteiger partial charge >= 0.3 is 6.03 Å². The lowest BCUT2D eigenvalue weighted by atomic mass is 10.1. The van der Waals surface area contributed by atoms with E-state index in [0.29, 0.717) is 19.6 Å². The molecule has 0 radical (unpaired) electrons. The number of rotatable bonds is 11. The van der Waals surface area contributed by atoms with Gasteiger partial charge in [-0.2, -0.15) is 0 Å². The van der Waals surface area contributed by atoms with E-state index in [9.17, 15) is 14.0 Å². The molecule has 2 aromatic rings. The van der Waals surface area contributed by atoms with Crippen LogP contribution in [0.15, 0.2) is 48.5 Å². The van der Waals surface area contributed by atoms with Crippen molar-refractivity contribution in [2.75, 3.05) is 0 Å². The number of amides is 3. The number of ether oxygens (including phenoxy) is 1. The molecular weight excluding hydrogens is 397 g/mol. The van der Waals surface area contributed by atoms with Crippen LogP contribution in [-0.2, 0) is 29.2 Å². The maximum Gasteiger partial charge on any atom is 0.315 e. The first kappa shape index (κ1) is 24.3. The normalized spacial score (nSPS) is 11.8. The quantitative estimate of drug-likeness (QED) is 0.504. The topological polar surface area (TPSA) is 79.5 Å². The second-order valence-corrected chi connectivity index (χ2v) is 7.69. The Labute approximate surface area is 183 Å². The van der Waals surface area contributed by atoms with Gasteiger partial charge in [-0.05, 0) is 49.1 Å². The fourth-order valence-electron chi connectivity index (χ4n) is 2.96. The van der Waals surface area contributed by atoms with Crippen LogP contribution < -0.4 is 16.0 Å². The molecule has 3 N–H and O–H groups in total. The number of hydrogen-bond acceptors (Lipinski definition) is 3. The Balaban J connectivity index is 1.84. The predicted octanol–water partition coefficient (Wildman–Crippen LogP) is 4.04. The van der Waals surface area contributed by atoms with Crippen molar-refractivity contribution < 1.29 is 18.7 Å². The first-order valence-corrected chi connectivity index (χ1v) is 10.6. The van der Waals surface area contributed by atoms with E-state index in [-0.39, 0.29) is 24.4 Å². The smallest absolute Gasteiger partial charge is 0.315 e. The van der Waals surface area contributed by atoms with E-state index in [2.05, 4.69) is 16.0 Å². The summed E-state index contributed by atoms with van der Waals surface area (Å²) in [7, 11) is 0. The van der Waals surface area contributed by atoms with E-state index >= 15 is 0 Å². The molecule has 2 aromatic carbocycles. The number of carbonyl (C=O) groups is 2. The van der Waals surface area contributed by atoms with Crippen molar-refractivity contribution in [2.24, 2.45) is 0 Å². The highest BCUT2D eigenvalue weighted by atomic mass is 19.1. The molecule has 0 bridgehead atoms. The van der Waals surface area contributed by atoms with Crippen LogP contribution >= 0.6 is 0 Å². The highest BCUT2D eigenvalue weighted by Crippen LogP contribution is 2.08. The van der Waals surface area contributed by atoms with Gasteiger partial charge in [-0.3, -0.25) is 4.79 Å². The molecule has 0 saturated heterocycles. The third kappa shape index (κ3) is 9.17. The number of urea groups is 1. The molecule has 6 nitrogen and oxygen atoms in total. The third-order valence-corrected chi connectivity index (χ3v) is 4.61. The third-order valence-electron chi connectivity index (χ3n) is 4.61. The number of halogens is 1. The average molecular weight is 430 g/mol.